The lowest BCUT2D eigenvalue weighted by Crippen LogP contribution is -2.19. The summed E-state index contributed by atoms with van der Waals surface area (Å²) in [5.74, 6) is 1.46. The second kappa shape index (κ2) is 8.46. The molecule has 0 amide bonds. The van der Waals surface area contributed by atoms with E-state index < -0.39 is 0 Å². The van der Waals surface area contributed by atoms with Crippen molar-refractivity contribution in [2.24, 2.45) is 0 Å². The van der Waals surface area contributed by atoms with Gasteiger partial charge >= 0.3 is 0 Å². The number of rotatable bonds is 6. The van der Waals surface area contributed by atoms with Crippen LogP contribution in [0.5, 0.6) is 11.6 Å². The van der Waals surface area contributed by atoms with E-state index >= 15 is 0 Å². The number of likely N-dealkylation sites (N-methyl/N-ethyl adjacent to an activating group) is 1. The van der Waals surface area contributed by atoms with Crippen LogP contribution in [0.2, 0.25) is 0 Å². The molecule has 7 heteroatoms. The van der Waals surface area contributed by atoms with E-state index in [1.807, 2.05) is 73.3 Å². The first-order valence-corrected chi connectivity index (χ1v) is 8.86. The molecule has 0 N–H and O–H groups in total. The molecule has 2 aromatic carbocycles. The minimum atomic E-state index is 0. The number of hydrogen-bond acceptors (Lipinski definition) is 5. The van der Waals surface area contributed by atoms with E-state index in [-0.39, 0.29) is 12.4 Å². The van der Waals surface area contributed by atoms with E-state index in [4.69, 9.17) is 14.5 Å². The number of hydrogen-bond donors (Lipinski definition) is 0. The summed E-state index contributed by atoms with van der Waals surface area (Å²) in [6.07, 6.45) is 1.85. The van der Waals surface area contributed by atoms with Crippen LogP contribution < -0.4 is 9.47 Å². The number of aromatic nitrogens is 3. The maximum atomic E-state index is 6.02. The van der Waals surface area contributed by atoms with E-state index in [2.05, 4.69) is 10.00 Å². The van der Waals surface area contributed by atoms with Gasteiger partial charge in [0.05, 0.1) is 24.2 Å². The Kier molecular flexibility index (Phi) is 6.02. The molecule has 0 saturated carbocycles. The van der Waals surface area contributed by atoms with E-state index in [1.54, 1.807) is 7.11 Å². The van der Waals surface area contributed by atoms with Crippen LogP contribution in [0.3, 0.4) is 0 Å². The number of fused-ring (bicyclic) bond motifs is 3. The summed E-state index contributed by atoms with van der Waals surface area (Å²) < 4.78 is 13.1. The number of benzene rings is 2. The summed E-state index contributed by atoms with van der Waals surface area (Å²) in [6, 6.07) is 15.9. The van der Waals surface area contributed by atoms with Crippen LogP contribution >= 0.6 is 12.4 Å². The minimum absolute atomic E-state index is 0. The molecule has 2 heterocycles. The SMILES string of the molecule is COc1ccc(-c2cnn3c2nc(OCCN(C)C)c2ccccc23)cc1.Cl. The summed E-state index contributed by atoms with van der Waals surface area (Å²) in [4.78, 5) is 6.89. The average molecular weight is 399 g/mol. The molecule has 0 spiro atoms. The largest absolute Gasteiger partial charge is 0.497 e. The zero-order valence-corrected chi connectivity index (χ0v) is 16.9. The standard InChI is InChI=1S/C21H22N4O2.ClH/c1-24(2)12-13-27-21-17-6-4-5-7-19(17)25-20(23-21)18(14-22-25)15-8-10-16(26-3)11-9-15;/h4-11,14H,12-13H2,1-3H3;1H. The van der Waals surface area contributed by atoms with Gasteiger partial charge in [-0.05, 0) is 43.9 Å². The first kappa shape index (κ1) is 19.9. The molecule has 0 saturated heterocycles. The molecule has 0 aliphatic heterocycles. The van der Waals surface area contributed by atoms with Gasteiger partial charge in [0.25, 0.3) is 0 Å². The Balaban J connectivity index is 0.00000225. The van der Waals surface area contributed by atoms with Gasteiger partial charge in [0, 0.05) is 12.1 Å². The van der Waals surface area contributed by atoms with Crippen molar-refractivity contribution in [1.82, 2.24) is 19.5 Å². The number of ether oxygens (including phenoxy) is 2. The van der Waals surface area contributed by atoms with Crippen molar-refractivity contribution in [3.05, 3.63) is 54.7 Å². The van der Waals surface area contributed by atoms with Crippen molar-refractivity contribution < 1.29 is 9.47 Å². The molecule has 28 heavy (non-hydrogen) atoms. The Bertz CT molecular complexity index is 1080. The van der Waals surface area contributed by atoms with E-state index in [0.29, 0.717) is 12.5 Å². The topological polar surface area (TPSA) is 51.9 Å². The van der Waals surface area contributed by atoms with Crippen LogP contribution in [-0.4, -0.2) is 53.9 Å². The molecule has 6 nitrogen and oxygen atoms in total. The fourth-order valence-electron chi connectivity index (χ4n) is 3.03. The van der Waals surface area contributed by atoms with Crippen molar-refractivity contribution >= 4 is 29.0 Å². The molecule has 4 rings (SSSR count). The molecular weight excluding hydrogens is 376 g/mol. The third-order valence-corrected chi connectivity index (χ3v) is 4.49. The normalized spacial score (nSPS) is 11.0. The van der Waals surface area contributed by atoms with Crippen LogP contribution in [0.15, 0.2) is 54.7 Å². The van der Waals surface area contributed by atoms with Gasteiger partial charge in [0.2, 0.25) is 5.88 Å². The predicted molar refractivity (Wildman–Crippen MR) is 114 cm³/mol. The lowest BCUT2D eigenvalue weighted by atomic mass is 10.1. The zero-order valence-electron chi connectivity index (χ0n) is 16.1. The zero-order chi connectivity index (χ0) is 18.8. The highest BCUT2D eigenvalue weighted by molar-refractivity contribution is 5.89. The fourth-order valence-corrected chi connectivity index (χ4v) is 3.03. The molecule has 0 atom stereocenters. The van der Waals surface area contributed by atoms with Crippen LogP contribution in [0, 0.1) is 0 Å². The average Bonchev–Trinajstić information content (AvgIpc) is 3.12. The van der Waals surface area contributed by atoms with Gasteiger partial charge in [0.1, 0.15) is 12.4 Å². The third kappa shape index (κ3) is 3.74. The molecule has 0 fully saturated rings. The van der Waals surface area contributed by atoms with Crippen molar-refractivity contribution in [1.29, 1.82) is 0 Å². The third-order valence-electron chi connectivity index (χ3n) is 4.49. The van der Waals surface area contributed by atoms with Gasteiger partial charge in [-0.3, -0.25) is 0 Å². The van der Waals surface area contributed by atoms with E-state index in [9.17, 15) is 0 Å². The predicted octanol–water partition coefficient (Wildman–Crippen LogP) is 3.92. The number of methoxy groups -OCH3 is 1. The molecule has 0 unspecified atom stereocenters. The summed E-state index contributed by atoms with van der Waals surface area (Å²) >= 11 is 0. The Morgan fingerprint density at radius 3 is 2.50 bits per heavy atom. The lowest BCUT2D eigenvalue weighted by Gasteiger charge is -2.13. The molecule has 146 valence electrons. The molecular formula is C21H23ClN4O2. The van der Waals surface area contributed by atoms with Crippen LogP contribution in [0.4, 0.5) is 0 Å². The Morgan fingerprint density at radius 1 is 1.04 bits per heavy atom. The Labute approximate surface area is 170 Å². The van der Waals surface area contributed by atoms with Gasteiger partial charge < -0.3 is 14.4 Å². The number of nitrogens with zero attached hydrogens (tertiary/aromatic N) is 4. The molecule has 0 aliphatic carbocycles. The first-order chi connectivity index (χ1) is 13.2. The number of halogens is 1. The molecule has 0 radical (unpaired) electrons. The second-order valence-electron chi connectivity index (χ2n) is 6.61. The van der Waals surface area contributed by atoms with Gasteiger partial charge in [-0.2, -0.15) is 10.1 Å². The first-order valence-electron chi connectivity index (χ1n) is 8.86. The number of para-hydroxylation sites is 1. The minimum Gasteiger partial charge on any atom is -0.497 e. The summed E-state index contributed by atoms with van der Waals surface area (Å²) in [5.41, 5.74) is 3.74. The highest BCUT2D eigenvalue weighted by atomic mass is 35.5. The smallest absolute Gasteiger partial charge is 0.225 e. The lowest BCUT2D eigenvalue weighted by molar-refractivity contribution is 0.257. The highest BCUT2D eigenvalue weighted by Crippen LogP contribution is 2.31. The van der Waals surface area contributed by atoms with Crippen molar-refractivity contribution in [3.63, 3.8) is 0 Å². The van der Waals surface area contributed by atoms with E-state index in [1.165, 1.54) is 0 Å². The Morgan fingerprint density at radius 2 is 1.79 bits per heavy atom. The van der Waals surface area contributed by atoms with Gasteiger partial charge in [-0.25, -0.2) is 4.52 Å². The van der Waals surface area contributed by atoms with Crippen LogP contribution in [-0.2, 0) is 0 Å². The van der Waals surface area contributed by atoms with Gasteiger partial charge in [0.15, 0.2) is 5.65 Å². The molecule has 0 bridgehead atoms. The van der Waals surface area contributed by atoms with Crippen molar-refractivity contribution in [2.75, 3.05) is 34.4 Å². The maximum Gasteiger partial charge on any atom is 0.225 e. The quantitative estimate of drug-likeness (QED) is 0.492. The highest BCUT2D eigenvalue weighted by Gasteiger charge is 2.15. The van der Waals surface area contributed by atoms with Crippen molar-refractivity contribution in [3.8, 4) is 22.8 Å². The summed E-state index contributed by atoms with van der Waals surface area (Å²) in [7, 11) is 5.71. The summed E-state index contributed by atoms with van der Waals surface area (Å²) in [6.45, 7) is 1.40. The molecule has 2 aromatic heterocycles. The maximum absolute atomic E-state index is 6.02. The summed E-state index contributed by atoms with van der Waals surface area (Å²) in [5, 5.41) is 5.53. The molecule has 0 aliphatic rings. The van der Waals surface area contributed by atoms with Crippen molar-refractivity contribution in [2.45, 2.75) is 0 Å². The monoisotopic (exact) mass is 398 g/mol. The van der Waals surface area contributed by atoms with Crippen LogP contribution in [0.25, 0.3) is 27.7 Å². The van der Waals surface area contributed by atoms with Crippen LogP contribution in [0.1, 0.15) is 0 Å². The molecule has 4 aromatic rings. The Hall–Kier alpha value is -2.83. The van der Waals surface area contributed by atoms with E-state index in [0.717, 1.165) is 40.0 Å². The fraction of sp³-hybridized carbons (Fsp3) is 0.238. The van der Waals surface area contributed by atoms with Gasteiger partial charge in [-0.15, -0.1) is 12.4 Å². The van der Waals surface area contributed by atoms with Gasteiger partial charge in [-0.1, -0.05) is 24.3 Å². The second-order valence-corrected chi connectivity index (χ2v) is 6.61.